The number of carboxylic acids is 1. The van der Waals surface area contributed by atoms with E-state index in [9.17, 15) is 33.9 Å². The van der Waals surface area contributed by atoms with Gasteiger partial charge in [-0.05, 0) is 69.0 Å². The predicted molar refractivity (Wildman–Crippen MR) is 230 cm³/mol. The molecule has 9 N–H and O–H groups in total. The quantitative estimate of drug-likeness (QED) is 0.0740. The number of amides is 5. The Morgan fingerprint density at radius 1 is 0.935 bits per heavy atom. The predicted octanol–water partition coefficient (Wildman–Crippen LogP) is 4.17. The molecule has 0 aliphatic carbocycles. The number of aromatic nitrogens is 1. The van der Waals surface area contributed by atoms with Gasteiger partial charge in [-0.1, -0.05) is 42.5 Å². The SMILES string of the molecule is CCn1cc(C(=O)O)c(=O)c2cc(F)c(N3CCN(C(=O)OCc4ccc(NC(=O)[C@H](CCCNC(N)=O)N/C=C(\N)C(C)(C)NC(=O)OCc5ccccc5)cc4)CC3)cc21. The van der Waals surface area contributed by atoms with Gasteiger partial charge in [0, 0.05) is 68.4 Å². The van der Waals surface area contributed by atoms with Crippen molar-refractivity contribution in [3.63, 3.8) is 0 Å². The van der Waals surface area contributed by atoms with Crippen LogP contribution in [-0.4, -0.2) is 89.0 Å². The van der Waals surface area contributed by atoms with Crippen LogP contribution in [0, 0.1) is 5.82 Å². The monoisotopic (exact) mass is 857 g/mol. The number of aryl methyl sites for hydroxylation is 1. The number of nitrogens with zero attached hydrogens (tertiary/aromatic N) is 3. The summed E-state index contributed by atoms with van der Waals surface area (Å²) >= 11 is 0. The van der Waals surface area contributed by atoms with Gasteiger partial charge in [0.2, 0.25) is 11.3 Å². The zero-order valence-corrected chi connectivity index (χ0v) is 34.7. The number of hydrogen-bond acceptors (Lipinski definition) is 11. The van der Waals surface area contributed by atoms with Gasteiger partial charge in [-0.2, -0.15) is 0 Å². The van der Waals surface area contributed by atoms with E-state index in [4.69, 9.17) is 20.9 Å². The number of alkyl carbamates (subject to hydrolysis) is 1. The van der Waals surface area contributed by atoms with Crippen molar-refractivity contribution in [1.29, 1.82) is 0 Å². The number of halogens is 1. The van der Waals surface area contributed by atoms with Gasteiger partial charge < -0.3 is 61.7 Å². The summed E-state index contributed by atoms with van der Waals surface area (Å²) in [7, 11) is 0. The lowest BCUT2D eigenvalue weighted by Crippen LogP contribution is -2.49. The molecule has 0 saturated carbocycles. The Bertz CT molecular complexity index is 2350. The number of carbonyl (C=O) groups excluding carboxylic acids is 4. The molecule has 1 aromatic heterocycles. The van der Waals surface area contributed by atoms with Crippen LogP contribution in [0.1, 0.15) is 55.1 Å². The number of ether oxygens (including phenoxy) is 2. The number of urea groups is 1. The third kappa shape index (κ3) is 12.1. The number of carboxylic acid groups (broad SMARTS) is 1. The van der Waals surface area contributed by atoms with Crippen LogP contribution in [0.4, 0.5) is 30.1 Å². The highest BCUT2D eigenvalue weighted by molar-refractivity contribution is 5.95. The van der Waals surface area contributed by atoms with Crippen molar-refractivity contribution in [3.05, 3.63) is 118 Å². The number of rotatable bonds is 17. The Kier molecular flexibility index (Phi) is 15.3. The lowest BCUT2D eigenvalue weighted by atomic mass is 10.0. The second-order valence-corrected chi connectivity index (χ2v) is 15.1. The molecule has 1 fully saturated rings. The van der Waals surface area contributed by atoms with Gasteiger partial charge in [-0.25, -0.2) is 23.6 Å². The van der Waals surface area contributed by atoms with Gasteiger partial charge in [-0.3, -0.25) is 9.59 Å². The first-order valence-corrected chi connectivity index (χ1v) is 20.0. The molecule has 19 heteroatoms. The Hall–Kier alpha value is -7.31. The zero-order valence-electron chi connectivity index (χ0n) is 34.7. The third-order valence-corrected chi connectivity index (χ3v) is 10.3. The minimum atomic E-state index is -1.39. The minimum Gasteiger partial charge on any atom is -0.477 e. The van der Waals surface area contributed by atoms with Crippen LogP contribution in [0.3, 0.4) is 0 Å². The van der Waals surface area contributed by atoms with Crippen LogP contribution in [-0.2, 0) is 34.0 Å². The fourth-order valence-corrected chi connectivity index (χ4v) is 6.60. The van der Waals surface area contributed by atoms with Crippen LogP contribution in [0.2, 0.25) is 0 Å². The number of pyridine rings is 1. The molecule has 62 heavy (non-hydrogen) atoms. The van der Waals surface area contributed by atoms with Gasteiger partial charge in [0.25, 0.3) is 0 Å². The van der Waals surface area contributed by atoms with Gasteiger partial charge in [0.1, 0.15) is 30.6 Å². The smallest absolute Gasteiger partial charge is 0.410 e. The molecule has 18 nitrogen and oxygen atoms in total. The lowest BCUT2D eigenvalue weighted by molar-refractivity contribution is -0.118. The molecule has 330 valence electrons. The Morgan fingerprint density at radius 2 is 1.60 bits per heavy atom. The van der Waals surface area contributed by atoms with Crippen LogP contribution >= 0.6 is 0 Å². The number of nitrogens with two attached hydrogens (primary N) is 2. The first kappa shape index (κ1) is 45.8. The molecule has 4 aromatic rings. The second kappa shape index (κ2) is 20.8. The topological polar surface area (TPSA) is 253 Å². The maximum Gasteiger partial charge on any atom is 0.410 e. The Morgan fingerprint density at radius 3 is 2.24 bits per heavy atom. The van der Waals surface area contributed by atoms with E-state index in [1.807, 2.05) is 30.3 Å². The van der Waals surface area contributed by atoms with Crippen molar-refractivity contribution < 1.29 is 42.9 Å². The highest BCUT2D eigenvalue weighted by Crippen LogP contribution is 2.27. The second-order valence-electron chi connectivity index (χ2n) is 15.1. The normalized spacial score (nSPS) is 13.5. The molecular formula is C43H52FN9O9. The lowest BCUT2D eigenvalue weighted by Gasteiger charge is -2.35. The number of aromatic carboxylic acids is 1. The number of nitrogens with one attached hydrogen (secondary N) is 4. The van der Waals surface area contributed by atoms with Gasteiger partial charge >= 0.3 is 24.2 Å². The molecule has 0 spiro atoms. The fraction of sp³-hybridized carbons (Fsp3) is 0.349. The molecule has 3 aromatic carbocycles. The average molecular weight is 858 g/mol. The van der Waals surface area contributed by atoms with E-state index in [2.05, 4.69) is 21.3 Å². The van der Waals surface area contributed by atoms with Gasteiger partial charge in [-0.15, -0.1) is 0 Å². The number of benzene rings is 3. The summed E-state index contributed by atoms with van der Waals surface area (Å²) < 4.78 is 27.8. The first-order valence-electron chi connectivity index (χ1n) is 20.0. The van der Waals surface area contributed by atoms with Crippen molar-refractivity contribution in [1.82, 2.24) is 25.4 Å². The molecule has 0 radical (unpaired) electrons. The highest BCUT2D eigenvalue weighted by Gasteiger charge is 2.27. The van der Waals surface area contributed by atoms with Gasteiger partial charge in [0.15, 0.2) is 0 Å². The van der Waals surface area contributed by atoms with E-state index >= 15 is 4.39 Å². The number of fused-ring (bicyclic) bond motifs is 1. The fourth-order valence-electron chi connectivity index (χ4n) is 6.60. The van der Waals surface area contributed by atoms with Crippen molar-refractivity contribution in [3.8, 4) is 0 Å². The maximum absolute atomic E-state index is 15.3. The average Bonchev–Trinajstić information content (AvgIpc) is 3.25. The molecule has 1 aliphatic heterocycles. The van der Waals surface area contributed by atoms with E-state index in [1.165, 1.54) is 23.4 Å². The van der Waals surface area contributed by atoms with E-state index in [0.29, 0.717) is 29.7 Å². The summed E-state index contributed by atoms with van der Waals surface area (Å²) in [6, 6.07) is 17.0. The number of anilines is 2. The Balaban J connectivity index is 1.13. The molecule has 0 unspecified atom stereocenters. The highest BCUT2D eigenvalue weighted by atomic mass is 19.1. The van der Waals surface area contributed by atoms with E-state index in [0.717, 1.165) is 11.6 Å². The summed E-state index contributed by atoms with van der Waals surface area (Å²) in [5.74, 6) is -2.47. The standard InChI is InChI=1S/C43H52FN9O9/c1-4-51-24-31(39(56)57)37(54)30-21-32(44)35(22-34(30)51)52-17-19-53(20-18-52)42(60)62-26-28-12-14-29(15-13-28)49-38(55)33(11-8-16-47-40(46)58)48-23-36(45)43(2,3)50-41(59)61-25-27-9-6-5-7-10-27/h5-7,9-10,12-15,21-24,33,48H,4,8,11,16-20,25-26,45H2,1-3H3,(H,49,55)(H,50,59)(H,56,57)(H3,46,47,58)/b36-23-/t33-/m0/s1. The largest absolute Gasteiger partial charge is 0.477 e. The number of hydrogen-bond donors (Lipinski definition) is 7. The van der Waals surface area contributed by atoms with Crippen molar-refractivity contribution in [2.45, 2.75) is 65.0 Å². The van der Waals surface area contributed by atoms with Crippen molar-refractivity contribution in [2.24, 2.45) is 11.5 Å². The summed E-state index contributed by atoms with van der Waals surface area (Å²) in [6.45, 7) is 6.82. The van der Waals surface area contributed by atoms with E-state index in [-0.39, 0.29) is 69.1 Å². The Labute approximate surface area is 357 Å². The zero-order chi connectivity index (χ0) is 45.0. The molecule has 1 aliphatic rings. The summed E-state index contributed by atoms with van der Waals surface area (Å²) in [6.07, 6.45) is 2.13. The van der Waals surface area contributed by atoms with Crippen LogP contribution in [0.15, 0.2) is 89.6 Å². The van der Waals surface area contributed by atoms with Crippen LogP contribution < -0.4 is 43.1 Å². The molecular weight excluding hydrogens is 806 g/mol. The minimum absolute atomic E-state index is 0.0253. The van der Waals surface area contributed by atoms with E-state index < -0.39 is 58.5 Å². The van der Waals surface area contributed by atoms with Crippen LogP contribution in [0.5, 0.6) is 0 Å². The number of piperazine rings is 1. The van der Waals surface area contributed by atoms with Gasteiger partial charge in [0.05, 0.1) is 16.7 Å². The maximum atomic E-state index is 15.3. The number of carbonyl (C=O) groups is 5. The van der Waals surface area contributed by atoms with Crippen molar-refractivity contribution in [2.75, 3.05) is 42.9 Å². The number of primary amides is 1. The van der Waals surface area contributed by atoms with Crippen molar-refractivity contribution >= 4 is 52.4 Å². The summed E-state index contributed by atoms with van der Waals surface area (Å²) in [5.41, 5.74) is 12.1. The molecule has 1 atom stereocenters. The van der Waals surface area contributed by atoms with E-state index in [1.54, 1.807) is 54.5 Å². The molecule has 0 bridgehead atoms. The summed E-state index contributed by atoms with van der Waals surface area (Å²) in [5, 5.41) is 20.5. The molecule has 2 heterocycles. The first-order chi connectivity index (χ1) is 29.6. The third-order valence-electron chi connectivity index (χ3n) is 10.3. The molecule has 5 rings (SSSR count). The summed E-state index contributed by atoms with van der Waals surface area (Å²) in [4.78, 5) is 77.8. The molecule has 1 saturated heterocycles. The molecule has 5 amide bonds. The van der Waals surface area contributed by atoms with Crippen LogP contribution in [0.25, 0.3) is 10.9 Å².